The Bertz CT molecular complexity index is 294. The molecule has 1 aromatic carbocycles. The summed E-state index contributed by atoms with van der Waals surface area (Å²) >= 11 is 3.42. The maximum Gasteiger partial charge on any atom is 0.129 e. The molecule has 0 saturated carbocycles. The maximum atomic E-state index is 10.7. The fraction of sp³-hybridized carbons (Fsp3) is 0.364. The summed E-state index contributed by atoms with van der Waals surface area (Å²) in [5.41, 5.74) is 1.29. The van der Waals surface area contributed by atoms with Crippen LogP contribution in [0.15, 0.2) is 28.7 Å². The fourth-order valence-electron chi connectivity index (χ4n) is 1.23. The molecule has 0 N–H and O–H groups in total. The molecule has 13 heavy (non-hydrogen) atoms. The first-order valence-electron chi connectivity index (χ1n) is 4.42. The first kappa shape index (κ1) is 10.5. The smallest absolute Gasteiger partial charge is 0.129 e. The monoisotopic (exact) mass is 240 g/mol. The first-order valence-corrected chi connectivity index (χ1v) is 5.21. The number of carbonyl (C=O) groups is 1. The molecule has 0 bridgehead atoms. The quantitative estimate of drug-likeness (QED) is 0.789. The highest BCUT2D eigenvalue weighted by Crippen LogP contribution is 2.13. The number of halogens is 1. The van der Waals surface area contributed by atoms with E-state index in [9.17, 15) is 4.79 Å². The van der Waals surface area contributed by atoms with Crippen molar-refractivity contribution in [1.29, 1.82) is 0 Å². The molecule has 0 aliphatic rings. The topological polar surface area (TPSA) is 17.1 Å². The Hall–Kier alpha value is -0.630. The highest BCUT2D eigenvalue weighted by molar-refractivity contribution is 9.10. The van der Waals surface area contributed by atoms with Crippen LogP contribution in [0.3, 0.4) is 0 Å². The van der Waals surface area contributed by atoms with E-state index in [1.165, 1.54) is 5.56 Å². The summed E-state index contributed by atoms with van der Waals surface area (Å²) in [4.78, 5) is 10.7. The van der Waals surface area contributed by atoms with Crippen LogP contribution in [0.1, 0.15) is 25.3 Å². The second-order valence-electron chi connectivity index (χ2n) is 3.19. The number of hydrogen-bond acceptors (Lipinski definition) is 1. The normalized spacial score (nSPS) is 10.0. The van der Waals surface area contributed by atoms with Gasteiger partial charge in [0.1, 0.15) is 5.78 Å². The van der Waals surface area contributed by atoms with Gasteiger partial charge in [-0.3, -0.25) is 0 Å². The van der Waals surface area contributed by atoms with Gasteiger partial charge in [-0.25, -0.2) is 0 Å². The van der Waals surface area contributed by atoms with E-state index in [0.29, 0.717) is 6.42 Å². The summed E-state index contributed by atoms with van der Waals surface area (Å²) in [5.74, 6) is 0.273. The summed E-state index contributed by atoms with van der Waals surface area (Å²) < 4.78 is 1.10. The van der Waals surface area contributed by atoms with Crippen molar-refractivity contribution < 1.29 is 4.79 Å². The Kier molecular flexibility index (Phi) is 4.16. The molecule has 0 aliphatic heterocycles. The van der Waals surface area contributed by atoms with Crippen molar-refractivity contribution >= 4 is 21.7 Å². The SMILES string of the molecule is CC(=O)CCCc1cccc(Br)c1. The Balaban J connectivity index is 2.41. The molecule has 0 spiro atoms. The zero-order chi connectivity index (χ0) is 9.68. The predicted molar refractivity (Wildman–Crippen MR) is 57.8 cm³/mol. The molecule has 0 saturated heterocycles. The van der Waals surface area contributed by atoms with Crippen molar-refractivity contribution in [3.05, 3.63) is 34.3 Å². The maximum absolute atomic E-state index is 10.7. The van der Waals surface area contributed by atoms with Crippen molar-refractivity contribution in [3.63, 3.8) is 0 Å². The zero-order valence-corrected chi connectivity index (χ0v) is 9.30. The number of benzene rings is 1. The average Bonchev–Trinajstić information content (AvgIpc) is 2.03. The lowest BCUT2D eigenvalue weighted by atomic mass is 10.1. The van der Waals surface area contributed by atoms with Crippen molar-refractivity contribution in [2.24, 2.45) is 0 Å². The van der Waals surface area contributed by atoms with Crippen molar-refractivity contribution in [2.45, 2.75) is 26.2 Å². The lowest BCUT2D eigenvalue weighted by molar-refractivity contribution is -0.117. The minimum Gasteiger partial charge on any atom is -0.300 e. The third-order valence-electron chi connectivity index (χ3n) is 1.88. The van der Waals surface area contributed by atoms with Gasteiger partial charge in [-0.1, -0.05) is 28.1 Å². The Morgan fingerprint density at radius 2 is 2.23 bits per heavy atom. The molecule has 1 aromatic rings. The number of Topliss-reactive ketones (excluding diaryl/α,β-unsaturated/α-hetero) is 1. The van der Waals surface area contributed by atoms with Gasteiger partial charge in [-0.2, -0.15) is 0 Å². The average molecular weight is 241 g/mol. The van der Waals surface area contributed by atoms with Gasteiger partial charge in [-0.05, 0) is 37.5 Å². The minimum absolute atomic E-state index is 0.273. The van der Waals surface area contributed by atoms with Crippen molar-refractivity contribution in [2.75, 3.05) is 0 Å². The van der Waals surface area contributed by atoms with Crippen LogP contribution in [0.2, 0.25) is 0 Å². The highest BCUT2D eigenvalue weighted by atomic mass is 79.9. The number of rotatable bonds is 4. The second kappa shape index (κ2) is 5.18. The molecule has 0 amide bonds. The summed E-state index contributed by atoms with van der Waals surface area (Å²) in [6.07, 6.45) is 2.62. The highest BCUT2D eigenvalue weighted by Gasteiger charge is 1.96. The van der Waals surface area contributed by atoms with E-state index < -0.39 is 0 Å². The van der Waals surface area contributed by atoms with Crippen LogP contribution in [0.5, 0.6) is 0 Å². The molecule has 70 valence electrons. The van der Waals surface area contributed by atoms with Crippen LogP contribution in [-0.4, -0.2) is 5.78 Å². The summed E-state index contributed by atoms with van der Waals surface area (Å²) in [5, 5.41) is 0. The summed E-state index contributed by atoms with van der Waals surface area (Å²) in [6.45, 7) is 1.64. The van der Waals surface area contributed by atoms with Crippen LogP contribution in [-0.2, 0) is 11.2 Å². The molecule has 0 fully saturated rings. The molecule has 0 unspecified atom stereocenters. The van der Waals surface area contributed by atoms with E-state index in [0.717, 1.165) is 17.3 Å². The van der Waals surface area contributed by atoms with Gasteiger partial charge in [0, 0.05) is 10.9 Å². The third-order valence-corrected chi connectivity index (χ3v) is 2.38. The van der Waals surface area contributed by atoms with Gasteiger partial charge in [-0.15, -0.1) is 0 Å². The molecule has 1 rings (SSSR count). The molecule has 2 heteroatoms. The van der Waals surface area contributed by atoms with Gasteiger partial charge in [0.25, 0.3) is 0 Å². The van der Waals surface area contributed by atoms with Gasteiger partial charge < -0.3 is 4.79 Å². The molecule has 0 radical (unpaired) electrons. The molecular weight excluding hydrogens is 228 g/mol. The Morgan fingerprint density at radius 3 is 2.85 bits per heavy atom. The molecule has 0 aliphatic carbocycles. The molecule has 1 nitrogen and oxygen atoms in total. The zero-order valence-electron chi connectivity index (χ0n) is 7.72. The van der Waals surface area contributed by atoms with Crippen LogP contribution in [0.4, 0.5) is 0 Å². The van der Waals surface area contributed by atoms with Gasteiger partial charge in [0.15, 0.2) is 0 Å². The van der Waals surface area contributed by atoms with E-state index in [2.05, 4.69) is 28.1 Å². The largest absolute Gasteiger partial charge is 0.300 e. The van der Waals surface area contributed by atoms with Crippen molar-refractivity contribution in [1.82, 2.24) is 0 Å². The minimum atomic E-state index is 0.273. The van der Waals surface area contributed by atoms with E-state index in [1.54, 1.807) is 6.92 Å². The first-order chi connectivity index (χ1) is 6.18. The lowest BCUT2D eigenvalue weighted by Gasteiger charge is -2.00. The van der Waals surface area contributed by atoms with E-state index in [1.807, 2.05) is 12.1 Å². The van der Waals surface area contributed by atoms with Gasteiger partial charge in [0.05, 0.1) is 0 Å². The molecule has 0 atom stereocenters. The van der Waals surface area contributed by atoms with Crippen LogP contribution in [0.25, 0.3) is 0 Å². The number of carbonyl (C=O) groups excluding carboxylic acids is 1. The predicted octanol–water partition coefficient (Wildman–Crippen LogP) is 3.36. The van der Waals surface area contributed by atoms with Crippen LogP contribution in [0, 0.1) is 0 Å². The second-order valence-corrected chi connectivity index (χ2v) is 4.10. The van der Waals surface area contributed by atoms with Crippen LogP contribution >= 0.6 is 15.9 Å². The molecule has 0 heterocycles. The fourth-order valence-corrected chi connectivity index (χ4v) is 1.68. The van der Waals surface area contributed by atoms with E-state index in [-0.39, 0.29) is 5.78 Å². The lowest BCUT2D eigenvalue weighted by Crippen LogP contribution is -1.92. The van der Waals surface area contributed by atoms with E-state index >= 15 is 0 Å². The van der Waals surface area contributed by atoms with Gasteiger partial charge in [0.2, 0.25) is 0 Å². The Morgan fingerprint density at radius 1 is 1.46 bits per heavy atom. The third kappa shape index (κ3) is 4.23. The summed E-state index contributed by atoms with van der Waals surface area (Å²) in [7, 11) is 0. The number of hydrogen-bond donors (Lipinski definition) is 0. The number of ketones is 1. The standard InChI is InChI=1S/C11H13BrO/c1-9(13)4-2-5-10-6-3-7-11(12)8-10/h3,6-8H,2,4-5H2,1H3. The number of aryl methyl sites for hydroxylation is 1. The van der Waals surface area contributed by atoms with Gasteiger partial charge >= 0.3 is 0 Å². The molecular formula is C11H13BrO. The summed E-state index contributed by atoms with van der Waals surface area (Å²) in [6, 6.07) is 8.21. The van der Waals surface area contributed by atoms with Crippen molar-refractivity contribution in [3.8, 4) is 0 Å². The Labute approximate surface area is 87.3 Å². The molecule has 0 aromatic heterocycles. The van der Waals surface area contributed by atoms with Crippen LogP contribution < -0.4 is 0 Å². The van der Waals surface area contributed by atoms with E-state index in [4.69, 9.17) is 0 Å².